The topological polar surface area (TPSA) is 50.9 Å². The maximum absolute atomic E-state index is 5.66. The van der Waals surface area contributed by atoms with E-state index in [2.05, 4.69) is 23.5 Å². The SMILES string of the molecule is CCC(CSC)Nc1ncc(N)cc1C. The third kappa shape index (κ3) is 3.63. The quantitative estimate of drug-likeness (QED) is 0.808. The van der Waals surface area contributed by atoms with Crippen LogP contribution in [-0.2, 0) is 0 Å². The molecule has 0 saturated heterocycles. The highest BCUT2D eigenvalue weighted by Gasteiger charge is 2.07. The van der Waals surface area contributed by atoms with Crippen molar-refractivity contribution in [3.8, 4) is 0 Å². The highest BCUT2D eigenvalue weighted by Crippen LogP contribution is 2.16. The molecule has 0 radical (unpaired) electrons. The molecule has 84 valence electrons. The molecule has 0 saturated carbocycles. The predicted octanol–water partition coefficient (Wildman–Crippen LogP) is 2.53. The predicted molar refractivity (Wildman–Crippen MR) is 69.5 cm³/mol. The first-order valence-corrected chi connectivity index (χ1v) is 6.54. The van der Waals surface area contributed by atoms with E-state index in [4.69, 9.17) is 5.73 Å². The molecule has 15 heavy (non-hydrogen) atoms. The molecule has 1 unspecified atom stereocenters. The molecule has 1 atom stereocenters. The molecule has 0 bridgehead atoms. The Bertz CT molecular complexity index is 315. The highest BCUT2D eigenvalue weighted by atomic mass is 32.2. The van der Waals surface area contributed by atoms with E-state index in [1.165, 1.54) is 0 Å². The second kappa shape index (κ2) is 5.85. The minimum atomic E-state index is 0.481. The van der Waals surface area contributed by atoms with Gasteiger partial charge in [0.25, 0.3) is 0 Å². The molecular formula is C11H19N3S. The Morgan fingerprint density at radius 3 is 2.87 bits per heavy atom. The van der Waals surface area contributed by atoms with Crippen molar-refractivity contribution in [2.45, 2.75) is 26.3 Å². The molecule has 0 aliphatic rings. The van der Waals surface area contributed by atoms with Crippen molar-refractivity contribution in [2.24, 2.45) is 0 Å². The standard InChI is InChI=1S/C11H19N3S/c1-4-10(7-15-3)14-11-8(2)5-9(12)6-13-11/h5-6,10H,4,7,12H2,1-3H3,(H,13,14). The smallest absolute Gasteiger partial charge is 0.129 e. The fourth-order valence-corrected chi connectivity index (χ4v) is 2.13. The monoisotopic (exact) mass is 225 g/mol. The molecule has 0 aliphatic carbocycles. The molecule has 0 aromatic carbocycles. The Balaban J connectivity index is 2.70. The van der Waals surface area contributed by atoms with Crippen LogP contribution < -0.4 is 11.1 Å². The Kier molecular flexibility index (Phi) is 4.75. The van der Waals surface area contributed by atoms with Crippen LogP contribution in [0.4, 0.5) is 11.5 Å². The molecule has 0 fully saturated rings. The van der Waals surface area contributed by atoms with Crippen LogP contribution in [0.5, 0.6) is 0 Å². The minimum Gasteiger partial charge on any atom is -0.397 e. The number of aromatic nitrogens is 1. The van der Waals surface area contributed by atoms with Crippen LogP contribution in [0.15, 0.2) is 12.3 Å². The number of nitrogens with two attached hydrogens (primary N) is 1. The second-order valence-corrected chi connectivity index (χ2v) is 4.55. The fourth-order valence-electron chi connectivity index (χ4n) is 1.40. The van der Waals surface area contributed by atoms with Crippen LogP contribution >= 0.6 is 11.8 Å². The number of nitrogen functional groups attached to an aromatic ring is 1. The van der Waals surface area contributed by atoms with Gasteiger partial charge in [0, 0.05) is 11.8 Å². The summed E-state index contributed by atoms with van der Waals surface area (Å²) in [6, 6.07) is 2.43. The summed E-state index contributed by atoms with van der Waals surface area (Å²) >= 11 is 1.85. The second-order valence-electron chi connectivity index (χ2n) is 3.64. The van der Waals surface area contributed by atoms with E-state index in [1.54, 1.807) is 6.20 Å². The van der Waals surface area contributed by atoms with Crippen LogP contribution in [0.25, 0.3) is 0 Å². The summed E-state index contributed by atoms with van der Waals surface area (Å²) in [7, 11) is 0. The van der Waals surface area contributed by atoms with Crippen LogP contribution in [-0.4, -0.2) is 23.0 Å². The third-order valence-corrected chi connectivity index (χ3v) is 3.04. The van der Waals surface area contributed by atoms with Gasteiger partial charge in [-0.2, -0.15) is 11.8 Å². The van der Waals surface area contributed by atoms with Crippen LogP contribution in [0.1, 0.15) is 18.9 Å². The van der Waals surface area contributed by atoms with E-state index < -0.39 is 0 Å². The lowest BCUT2D eigenvalue weighted by Crippen LogP contribution is -2.22. The normalized spacial score (nSPS) is 12.5. The van der Waals surface area contributed by atoms with Gasteiger partial charge in [0.05, 0.1) is 11.9 Å². The Morgan fingerprint density at radius 1 is 1.60 bits per heavy atom. The highest BCUT2D eigenvalue weighted by molar-refractivity contribution is 7.98. The number of thioether (sulfide) groups is 1. The molecule has 1 rings (SSSR count). The molecule has 4 heteroatoms. The van der Waals surface area contributed by atoms with Gasteiger partial charge in [-0.1, -0.05) is 6.92 Å². The molecule has 1 heterocycles. The van der Waals surface area contributed by atoms with Gasteiger partial charge in [0.15, 0.2) is 0 Å². The summed E-state index contributed by atoms with van der Waals surface area (Å²) in [4.78, 5) is 4.30. The number of rotatable bonds is 5. The van der Waals surface area contributed by atoms with Crippen molar-refractivity contribution >= 4 is 23.3 Å². The molecule has 1 aromatic heterocycles. The van der Waals surface area contributed by atoms with E-state index in [9.17, 15) is 0 Å². The van der Waals surface area contributed by atoms with Crippen LogP contribution in [0.3, 0.4) is 0 Å². The van der Waals surface area contributed by atoms with E-state index in [0.717, 1.165) is 29.2 Å². The molecular weight excluding hydrogens is 206 g/mol. The number of hydrogen-bond donors (Lipinski definition) is 2. The lowest BCUT2D eigenvalue weighted by Gasteiger charge is -2.17. The zero-order chi connectivity index (χ0) is 11.3. The summed E-state index contributed by atoms with van der Waals surface area (Å²) < 4.78 is 0. The maximum atomic E-state index is 5.66. The van der Waals surface area contributed by atoms with Gasteiger partial charge in [0.1, 0.15) is 5.82 Å². The largest absolute Gasteiger partial charge is 0.397 e. The Morgan fingerprint density at radius 2 is 2.33 bits per heavy atom. The first kappa shape index (κ1) is 12.2. The molecule has 1 aromatic rings. The summed E-state index contributed by atoms with van der Waals surface area (Å²) in [5.41, 5.74) is 7.48. The van der Waals surface area contributed by atoms with Crippen molar-refractivity contribution in [1.82, 2.24) is 4.98 Å². The van der Waals surface area contributed by atoms with E-state index in [1.807, 2.05) is 24.8 Å². The van der Waals surface area contributed by atoms with Gasteiger partial charge in [-0.15, -0.1) is 0 Å². The summed E-state index contributed by atoms with van der Waals surface area (Å²) in [5, 5.41) is 3.44. The van der Waals surface area contributed by atoms with Crippen LogP contribution in [0.2, 0.25) is 0 Å². The van der Waals surface area contributed by atoms with Gasteiger partial charge in [-0.25, -0.2) is 4.98 Å². The van der Waals surface area contributed by atoms with E-state index in [0.29, 0.717) is 6.04 Å². The number of nitrogens with zero attached hydrogens (tertiary/aromatic N) is 1. The number of nitrogens with one attached hydrogen (secondary N) is 1. The third-order valence-electron chi connectivity index (χ3n) is 2.30. The summed E-state index contributed by atoms with van der Waals surface area (Å²) in [6.07, 6.45) is 4.92. The number of aryl methyl sites for hydroxylation is 1. The molecule has 0 aliphatic heterocycles. The fraction of sp³-hybridized carbons (Fsp3) is 0.545. The zero-order valence-corrected chi connectivity index (χ0v) is 10.4. The van der Waals surface area contributed by atoms with E-state index >= 15 is 0 Å². The number of pyridine rings is 1. The van der Waals surface area contributed by atoms with Crippen molar-refractivity contribution in [3.05, 3.63) is 17.8 Å². The van der Waals surface area contributed by atoms with Crippen molar-refractivity contribution in [1.29, 1.82) is 0 Å². The molecule has 0 spiro atoms. The van der Waals surface area contributed by atoms with E-state index in [-0.39, 0.29) is 0 Å². The molecule has 0 amide bonds. The number of hydrogen-bond acceptors (Lipinski definition) is 4. The Hall–Kier alpha value is -0.900. The average Bonchev–Trinajstić information content (AvgIpc) is 2.21. The van der Waals surface area contributed by atoms with Crippen molar-refractivity contribution < 1.29 is 0 Å². The number of anilines is 2. The summed E-state index contributed by atoms with van der Waals surface area (Å²) in [6.45, 7) is 4.21. The lowest BCUT2D eigenvalue weighted by molar-refractivity contribution is 0.768. The van der Waals surface area contributed by atoms with Crippen molar-refractivity contribution in [2.75, 3.05) is 23.1 Å². The zero-order valence-electron chi connectivity index (χ0n) is 9.58. The maximum Gasteiger partial charge on any atom is 0.129 e. The van der Waals surface area contributed by atoms with Gasteiger partial charge in [-0.3, -0.25) is 0 Å². The first-order chi connectivity index (χ1) is 7.17. The minimum absolute atomic E-state index is 0.481. The van der Waals surface area contributed by atoms with Gasteiger partial charge < -0.3 is 11.1 Å². The molecule has 3 N–H and O–H groups in total. The average molecular weight is 225 g/mol. The first-order valence-electron chi connectivity index (χ1n) is 5.15. The summed E-state index contributed by atoms with van der Waals surface area (Å²) in [5.74, 6) is 2.05. The van der Waals surface area contributed by atoms with Gasteiger partial charge in [0.2, 0.25) is 0 Å². The Labute approximate surface area is 95.9 Å². The van der Waals surface area contributed by atoms with Crippen molar-refractivity contribution in [3.63, 3.8) is 0 Å². The lowest BCUT2D eigenvalue weighted by atomic mass is 10.2. The van der Waals surface area contributed by atoms with Gasteiger partial charge in [-0.05, 0) is 31.2 Å². The molecule has 3 nitrogen and oxygen atoms in total. The van der Waals surface area contributed by atoms with Crippen LogP contribution in [0, 0.1) is 6.92 Å². The van der Waals surface area contributed by atoms with Gasteiger partial charge >= 0.3 is 0 Å².